The summed E-state index contributed by atoms with van der Waals surface area (Å²) >= 11 is 0. The number of hydrogen-bond acceptors (Lipinski definition) is 3. The Balaban J connectivity index is 2.07. The SMILES string of the molecule is CCCCCN1CCC[C@@H](C[C@](CCC2CCCCC2)(N=CN)C(=O)N(C)C)C1. The minimum atomic E-state index is -0.674. The van der Waals surface area contributed by atoms with Crippen molar-refractivity contribution in [3.05, 3.63) is 0 Å². The average molecular weight is 407 g/mol. The first-order valence-corrected chi connectivity index (χ1v) is 12.2. The zero-order valence-electron chi connectivity index (χ0n) is 19.4. The molecule has 0 radical (unpaired) electrons. The second kappa shape index (κ2) is 12.6. The quantitative estimate of drug-likeness (QED) is 0.313. The minimum absolute atomic E-state index is 0.137. The summed E-state index contributed by atoms with van der Waals surface area (Å²) in [4.78, 5) is 22.4. The van der Waals surface area contributed by atoms with Gasteiger partial charge in [-0.3, -0.25) is 9.79 Å². The molecular formula is C24H46N4O. The lowest BCUT2D eigenvalue weighted by Gasteiger charge is -2.39. The van der Waals surface area contributed by atoms with E-state index in [1.165, 1.54) is 83.6 Å². The number of carbonyl (C=O) groups is 1. The zero-order valence-corrected chi connectivity index (χ0v) is 19.4. The molecule has 0 spiro atoms. The number of likely N-dealkylation sites (N-methyl/N-ethyl adjacent to an activating group) is 1. The molecule has 0 aromatic rings. The Labute approximate surface area is 179 Å². The smallest absolute Gasteiger partial charge is 0.250 e. The van der Waals surface area contributed by atoms with Gasteiger partial charge in [-0.15, -0.1) is 0 Å². The van der Waals surface area contributed by atoms with Gasteiger partial charge in [0.15, 0.2) is 0 Å². The van der Waals surface area contributed by atoms with Gasteiger partial charge >= 0.3 is 0 Å². The van der Waals surface area contributed by atoms with Crippen molar-refractivity contribution in [3.8, 4) is 0 Å². The number of aliphatic imine (C=N–C) groups is 1. The Morgan fingerprint density at radius 2 is 1.86 bits per heavy atom. The second-order valence-electron chi connectivity index (χ2n) is 9.77. The Bertz CT molecular complexity index is 501. The minimum Gasteiger partial charge on any atom is -0.390 e. The van der Waals surface area contributed by atoms with E-state index in [9.17, 15) is 4.79 Å². The molecule has 2 aliphatic rings. The maximum Gasteiger partial charge on any atom is 0.250 e. The van der Waals surface area contributed by atoms with Gasteiger partial charge in [0, 0.05) is 20.6 Å². The fourth-order valence-electron chi connectivity index (χ4n) is 5.53. The summed E-state index contributed by atoms with van der Waals surface area (Å²) in [6.45, 7) is 5.77. The predicted molar refractivity (Wildman–Crippen MR) is 123 cm³/mol. The van der Waals surface area contributed by atoms with Crippen LogP contribution in [-0.4, -0.2) is 61.3 Å². The molecule has 1 saturated carbocycles. The number of hydrogen-bond donors (Lipinski definition) is 1. The standard InChI is InChI=1S/C24H46N4O/c1-4-5-9-16-28-17-10-13-22(19-28)18-24(26-20-25,23(29)27(2)3)15-14-21-11-7-6-8-12-21/h20-22H,4-19H2,1-3H3,(H2,25,26)/t22-,24-/m0/s1. The first-order valence-electron chi connectivity index (χ1n) is 12.2. The van der Waals surface area contributed by atoms with Crippen molar-refractivity contribution in [2.24, 2.45) is 22.6 Å². The normalized spacial score (nSPS) is 23.9. The van der Waals surface area contributed by atoms with Crippen LogP contribution in [0, 0.1) is 11.8 Å². The number of nitrogens with zero attached hydrogens (tertiary/aromatic N) is 3. The van der Waals surface area contributed by atoms with E-state index in [2.05, 4.69) is 11.8 Å². The highest BCUT2D eigenvalue weighted by molar-refractivity contribution is 5.87. The number of carbonyl (C=O) groups excluding carboxylic acids is 1. The molecule has 5 nitrogen and oxygen atoms in total. The fourth-order valence-corrected chi connectivity index (χ4v) is 5.53. The first kappa shape index (κ1) is 24.2. The molecule has 1 amide bonds. The van der Waals surface area contributed by atoms with Crippen LogP contribution in [0.5, 0.6) is 0 Å². The van der Waals surface area contributed by atoms with Crippen molar-refractivity contribution in [1.82, 2.24) is 9.80 Å². The zero-order chi connectivity index (χ0) is 21.1. The summed E-state index contributed by atoms with van der Waals surface area (Å²) in [5.41, 5.74) is 5.13. The van der Waals surface area contributed by atoms with Gasteiger partial charge in [-0.25, -0.2) is 0 Å². The monoisotopic (exact) mass is 406 g/mol. The van der Waals surface area contributed by atoms with E-state index >= 15 is 0 Å². The molecule has 5 heteroatoms. The van der Waals surface area contributed by atoms with E-state index in [-0.39, 0.29) is 5.91 Å². The highest BCUT2D eigenvalue weighted by atomic mass is 16.2. The van der Waals surface area contributed by atoms with Crippen LogP contribution in [0.25, 0.3) is 0 Å². The third-order valence-corrected chi connectivity index (χ3v) is 7.12. The molecule has 0 unspecified atom stereocenters. The molecule has 0 aromatic heterocycles. The average Bonchev–Trinajstić information content (AvgIpc) is 2.73. The molecule has 1 heterocycles. The van der Waals surface area contributed by atoms with Crippen molar-refractivity contribution >= 4 is 12.2 Å². The highest BCUT2D eigenvalue weighted by Crippen LogP contribution is 2.36. The molecule has 1 aliphatic carbocycles. The van der Waals surface area contributed by atoms with Crippen LogP contribution in [0.2, 0.25) is 0 Å². The van der Waals surface area contributed by atoms with E-state index in [0.29, 0.717) is 5.92 Å². The van der Waals surface area contributed by atoms with Gasteiger partial charge in [0.25, 0.3) is 0 Å². The molecule has 2 N–H and O–H groups in total. The van der Waals surface area contributed by atoms with Gasteiger partial charge in [0.2, 0.25) is 5.91 Å². The number of likely N-dealkylation sites (tertiary alicyclic amines) is 1. The lowest BCUT2D eigenvalue weighted by Crippen LogP contribution is -2.49. The van der Waals surface area contributed by atoms with Gasteiger partial charge in [-0.05, 0) is 63.5 Å². The molecule has 29 heavy (non-hydrogen) atoms. The Morgan fingerprint density at radius 3 is 2.52 bits per heavy atom. The lowest BCUT2D eigenvalue weighted by molar-refractivity contribution is -0.135. The number of rotatable bonds is 11. The van der Waals surface area contributed by atoms with E-state index in [1.807, 2.05) is 14.1 Å². The van der Waals surface area contributed by atoms with Crippen LogP contribution in [-0.2, 0) is 4.79 Å². The molecule has 168 valence electrons. The van der Waals surface area contributed by atoms with Crippen LogP contribution in [0.15, 0.2) is 4.99 Å². The van der Waals surface area contributed by atoms with Crippen molar-refractivity contribution in [3.63, 3.8) is 0 Å². The van der Waals surface area contributed by atoms with Crippen molar-refractivity contribution in [2.45, 2.75) is 95.9 Å². The molecule has 0 aromatic carbocycles. The van der Waals surface area contributed by atoms with Crippen molar-refractivity contribution in [2.75, 3.05) is 33.7 Å². The lowest BCUT2D eigenvalue weighted by atomic mass is 9.76. The predicted octanol–water partition coefficient (Wildman–Crippen LogP) is 4.45. The molecule has 2 rings (SSSR count). The van der Waals surface area contributed by atoms with Crippen LogP contribution in [0.1, 0.15) is 90.4 Å². The number of unbranched alkanes of at least 4 members (excludes halogenated alkanes) is 2. The van der Waals surface area contributed by atoms with Crippen molar-refractivity contribution in [1.29, 1.82) is 0 Å². The number of piperidine rings is 1. The summed E-state index contributed by atoms with van der Waals surface area (Å²) in [7, 11) is 3.73. The van der Waals surface area contributed by atoms with E-state index < -0.39 is 5.54 Å². The summed E-state index contributed by atoms with van der Waals surface area (Å²) in [6, 6.07) is 0. The van der Waals surface area contributed by atoms with Gasteiger partial charge in [-0.1, -0.05) is 51.9 Å². The van der Waals surface area contributed by atoms with Gasteiger partial charge in [0.1, 0.15) is 5.54 Å². The molecule has 0 bridgehead atoms. The molecular weight excluding hydrogens is 360 g/mol. The Morgan fingerprint density at radius 1 is 1.14 bits per heavy atom. The van der Waals surface area contributed by atoms with Crippen LogP contribution < -0.4 is 5.73 Å². The summed E-state index contributed by atoms with van der Waals surface area (Å²) in [5.74, 6) is 1.42. The molecule has 1 saturated heterocycles. The fraction of sp³-hybridized carbons (Fsp3) is 0.917. The van der Waals surface area contributed by atoms with Crippen LogP contribution in [0.3, 0.4) is 0 Å². The number of amides is 1. The number of nitrogens with two attached hydrogens (primary N) is 1. The summed E-state index contributed by atoms with van der Waals surface area (Å²) in [6.07, 6.45) is 17.2. The molecule has 1 aliphatic heterocycles. The molecule has 2 atom stereocenters. The van der Waals surface area contributed by atoms with Gasteiger partial charge in [-0.2, -0.15) is 0 Å². The third-order valence-electron chi connectivity index (χ3n) is 7.12. The van der Waals surface area contributed by atoms with E-state index in [4.69, 9.17) is 10.7 Å². The van der Waals surface area contributed by atoms with E-state index in [0.717, 1.165) is 31.7 Å². The Hall–Kier alpha value is -1.10. The van der Waals surface area contributed by atoms with Crippen LogP contribution >= 0.6 is 0 Å². The van der Waals surface area contributed by atoms with Gasteiger partial charge < -0.3 is 15.5 Å². The maximum atomic E-state index is 13.3. The molecule has 2 fully saturated rings. The second-order valence-corrected chi connectivity index (χ2v) is 9.77. The van der Waals surface area contributed by atoms with Crippen LogP contribution in [0.4, 0.5) is 0 Å². The van der Waals surface area contributed by atoms with Crippen molar-refractivity contribution < 1.29 is 4.79 Å². The maximum absolute atomic E-state index is 13.3. The topological polar surface area (TPSA) is 61.9 Å². The van der Waals surface area contributed by atoms with E-state index in [1.54, 1.807) is 4.90 Å². The first-order chi connectivity index (χ1) is 14.0. The summed E-state index contributed by atoms with van der Waals surface area (Å²) < 4.78 is 0. The Kier molecular flexibility index (Phi) is 10.5. The largest absolute Gasteiger partial charge is 0.390 e. The van der Waals surface area contributed by atoms with Gasteiger partial charge in [0.05, 0.1) is 6.34 Å². The third kappa shape index (κ3) is 7.58. The summed E-state index contributed by atoms with van der Waals surface area (Å²) in [5, 5.41) is 0. The highest BCUT2D eigenvalue weighted by Gasteiger charge is 2.42.